The molecule has 0 spiro atoms. The Kier molecular flexibility index (Phi) is 3.25. The SMILES string of the molecule is Cc1ccc(C(=O)/C=C2/N(C)c3ccccc3C2(C)C)s1. The van der Waals surface area contributed by atoms with Gasteiger partial charge in [-0.15, -0.1) is 11.3 Å². The van der Waals surface area contributed by atoms with Gasteiger partial charge in [0.2, 0.25) is 0 Å². The molecule has 21 heavy (non-hydrogen) atoms. The molecule has 0 saturated carbocycles. The van der Waals surface area contributed by atoms with E-state index in [9.17, 15) is 4.79 Å². The molecule has 0 unspecified atom stereocenters. The van der Waals surface area contributed by atoms with Gasteiger partial charge < -0.3 is 4.90 Å². The molecule has 1 aliphatic rings. The lowest BCUT2D eigenvalue weighted by atomic mass is 9.83. The Hall–Kier alpha value is -1.87. The molecule has 2 heterocycles. The van der Waals surface area contributed by atoms with Crippen molar-refractivity contribution < 1.29 is 4.79 Å². The summed E-state index contributed by atoms with van der Waals surface area (Å²) in [4.78, 5) is 16.6. The standard InChI is InChI=1S/C18H19NOS/c1-12-9-10-16(21-12)15(20)11-17-18(2,3)13-7-5-6-8-14(13)19(17)4/h5-11H,1-4H3/b17-11+. The van der Waals surface area contributed by atoms with Gasteiger partial charge in [-0.1, -0.05) is 32.0 Å². The smallest absolute Gasteiger partial charge is 0.197 e. The molecule has 0 radical (unpaired) electrons. The first-order chi connectivity index (χ1) is 9.91. The molecule has 0 fully saturated rings. The minimum atomic E-state index is -0.146. The summed E-state index contributed by atoms with van der Waals surface area (Å²) in [5, 5.41) is 0. The number of hydrogen-bond acceptors (Lipinski definition) is 3. The molecule has 0 aliphatic carbocycles. The number of fused-ring (bicyclic) bond motifs is 1. The highest BCUT2D eigenvalue weighted by Gasteiger charge is 2.38. The highest BCUT2D eigenvalue weighted by atomic mass is 32.1. The number of likely N-dealkylation sites (N-methyl/N-ethyl adjacent to an activating group) is 1. The summed E-state index contributed by atoms with van der Waals surface area (Å²) in [5.74, 6) is 0.0934. The number of hydrogen-bond donors (Lipinski definition) is 0. The average molecular weight is 297 g/mol. The first-order valence-electron chi connectivity index (χ1n) is 7.07. The molecule has 0 amide bonds. The maximum atomic E-state index is 12.5. The van der Waals surface area contributed by atoms with Crippen LogP contribution in [0, 0.1) is 6.92 Å². The van der Waals surface area contributed by atoms with Crippen LogP contribution in [-0.4, -0.2) is 12.8 Å². The van der Waals surface area contributed by atoms with Gasteiger partial charge >= 0.3 is 0 Å². The summed E-state index contributed by atoms with van der Waals surface area (Å²) in [6.07, 6.45) is 1.80. The van der Waals surface area contributed by atoms with Crippen molar-refractivity contribution in [3.05, 3.63) is 63.5 Å². The number of anilines is 1. The van der Waals surface area contributed by atoms with Gasteiger partial charge in [0, 0.05) is 34.8 Å². The Labute approximate surface area is 129 Å². The number of thiophene rings is 1. The molecule has 3 heteroatoms. The molecular weight excluding hydrogens is 278 g/mol. The molecular formula is C18H19NOS. The van der Waals surface area contributed by atoms with E-state index in [-0.39, 0.29) is 11.2 Å². The Morgan fingerprint density at radius 3 is 2.52 bits per heavy atom. The highest BCUT2D eigenvalue weighted by molar-refractivity contribution is 7.14. The van der Waals surface area contributed by atoms with Crippen LogP contribution in [0.5, 0.6) is 0 Å². The first kappa shape index (κ1) is 14.1. The van der Waals surface area contributed by atoms with Gasteiger partial charge in [-0.25, -0.2) is 0 Å². The van der Waals surface area contributed by atoms with Crippen molar-refractivity contribution in [3.63, 3.8) is 0 Å². The van der Waals surface area contributed by atoms with Crippen LogP contribution < -0.4 is 4.90 Å². The molecule has 2 nitrogen and oxygen atoms in total. The quantitative estimate of drug-likeness (QED) is 0.598. The van der Waals surface area contributed by atoms with Crippen molar-refractivity contribution in [2.24, 2.45) is 0 Å². The van der Waals surface area contributed by atoms with Crippen molar-refractivity contribution in [3.8, 4) is 0 Å². The third-order valence-corrected chi connectivity index (χ3v) is 5.21. The van der Waals surface area contributed by atoms with Crippen LogP contribution in [0.25, 0.3) is 0 Å². The van der Waals surface area contributed by atoms with E-state index < -0.39 is 0 Å². The number of carbonyl (C=O) groups excluding carboxylic acids is 1. The lowest BCUT2D eigenvalue weighted by Gasteiger charge is -2.23. The largest absolute Gasteiger partial charge is 0.347 e. The highest BCUT2D eigenvalue weighted by Crippen LogP contribution is 2.46. The second-order valence-electron chi connectivity index (χ2n) is 6.01. The normalized spacial score (nSPS) is 18.1. The topological polar surface area (TPSA) is 20.3 Å². The third kappa shape index (κ3) is 2.22. The number of para-hydroxylation sites is 1. The number of allylic oxidation sites excluding steroid dienone is 2. The predicted molar refractivity (Wildman–Crippen MR) is 89.3 cm³/mol. The van der Waals surface area contributed by atoms with Gasteiger partial charge in [-0.3, -0.25) is 4.79 Å². The van der Waals surface area contributed by atoms with Gasteiger partial charge in [-0.05, 0) is 30.7 Å². The summed E-state index contributed by atoms with van der Waals surface area (Å²) < 4.78 is 0. The summed E-state index contributed by atoms with van der Waals surface area (Å²) in [6.45, 7) is 6.37. The number of rotatable bonds is 2. The average Bonchev–Trinajstić information content (AvgIpc) is 2.96. The number of carbonyl (C=O) groups is 1. The molecule has 0 N–H and O–H groups in total. The van der Waals surface area contributed by atoms with Crippen LogP contribution in [0.15, 0.2) is 48.2 Å². The van der Waals surface area contributed by atoms with E-state index in [1.807, 2.05) is 32.2 Å². The van der Waals surface area contributed by atoms with Crippen LogP contribution in [0.3, 0.4) is 0 Å². The molecule has 0 bridgehead atoms. The fraction of sp³-hybridized carbons (Fsp3) is 0.278. The predicted octanol–water partition coefficient (Wildman–Crippen LogP) is 4.55. The summed E-state index contributed by atoms with van der Waals surface area (Å²) in [7, 11) is 2.03. The van der Waals surface area contributed by atoms with Crippen molar-refractivity contribution in [2.45, 2.75) is 26.2 Å². The molecule has 1 aromatic heterocycles. The van der Waals surface area contributed by atoms with Crippen molar-refractivity contribution in [1.29, 1.82) is 0 Å². The van der Waals surface area contributed by atoms with Crippen molar-refractivity contribution in [1.82, 2.24) is 0 Å². The monoisotopic (exact) mass is 297 g/mol. The molecule has 1 aromatic carbocycles. The van der Waals surface area contributed by atoms with Crippen LogP contribution in [-0.2, 0) is 5.41 Å². The van der Waals surface area contributed by atoms with Gasteiger partial charge in [0.25, 0.3) is 0 Å². The Bertz CT molecular complexity index is 739. The molecule has 1 aliphatic heterocycles. The van der Waals surface area contributed by atoms with Crippen LogP contribution >= 0.6 is 11.3 Å². The number of aryl methyl sites for hydroxylation is 1. The summed E-state index contributed by atoms with van der Waals surface area (Å²) in [5.41, 5.74) is 3.37. The molecule has 3 rings (SSSR count). The number of benzene rings is 1. The zero-order valence-electron chi connectivity index (χ0n) is 12.8. The van der Waals surface area contributed by atoms with E-state index in [0.29, 0.717) is 0 Å². The van der Waals surface area contributed by atoms with E-state index in [4.69, 9.17) is 0 Å². The van der Waals surface area contributed by atoms with Gasteiger partial charge in [0.1, 0.15) is 0 Å². The summed E-state index contributed by atoms with van der Waals surface area (Å²) >= 11 is 1.55. The summed E-state index contributed by atoms with van der Waals surface area (Å²) in [6, 6.07) is 12.3. The van der Waals surface area contributed by atoms with Crippen molar-refractivity contribution in [2.75, 3.05) is 11.9 Å². The second kappa shape index (κ2) is 4.85. The zero-order valence-corrected chi connectivity index (χ0v) is 13.6. The Balaban J connectivity index is 2.04. The molecule has 0 atom stereocenters. The van der Waals surface area contributed by atoms with Gasteiger partial charge in [0.05, 0.1) is 4.88 Å². The van der Waals surface area contributed by atoms with Gasteiger partial charge in [0.15, 0.2) is 5.78 Å². The molecule has 108 valence electrons. The Morgan fingerprint density at radius 2 is 1.90 bits per heavy atom. The maximum absolute atomic E-state index is 12.5. The minimum Gasteiger partial charge on any atom is -0.347 e. The van der Waals surface area contributed by atoms with E-state index in [0.717, 1.165) is 10.6 Å². The van der Waals surface area contributed by atoms with E-state index in [1.165, 1.54) is 16.1 Å². The minimum absolute atomic E-state index is 0.0934. The zero-order chi connectivity index (χ0) is 15.2. The molecule has 0 saturated heterocycles. The second-order valence-corrected chi connectivity index (χ2v) is 7.29. The third-order valence-electron chi connectivity index (χ3n) is 4.19. The van der Waals surface area contributed by atoms with E-state index in [1.54, 1.807) is 17.4 Å². The van der Waals surface area contributed by atoms with Crippen LogP contribution in [0.2, 0.25) is 0 Å². The maximum Gasteiger partial charge on any atom is 0.197 e. The Morgan fingerprint density at radius 1 is 1.19 bits per heavy atom. The van der Waals surface area contributed by atoms with Crippen molar-refractivity contribution >= 4 is 22.8 Å². The van der Waals surface area contributed by atoms with E-state index >= 15 is 0 Å². The lowest BCUT2D eigenvalue weighted by molar-refractivity contribution is 0.104. The van der Waals surface area contributed by atoms with Crippen LogP contribution in [0.1, 0.15) is 34.0 Å². The molecule has 2 aromatic rings. The first-order valence-corrected chi connectivity index (χ1v) is 7.89. The van der Waals surface area contributed by atoms with E-state index in [2.05, 4.69) is 36.9 Å². The fourth-order valence-corrected chi connectivity index (χ4v) is 3.80. The number of nitrogens with zero attached hydrogens (tertiary/aromatic N) is 1. The van der Waals surface area contributed by atoms with Crippen LogP contribution in [0.4, 0.5) is 5.69 Å². The lowest BCUT2D eigenvalue weighted by Crippen LogP contribution is -2.24. The fourth-order valence-electron chi connectivity index (χ4n) is 3.02. The number of ketones is 1. The van der Waals surface area contributed by atoms with Gasteiger partial charge in [-0.2, -0.15) is 0 Å².